The highest BCUT2D eigenvalue weighted by Gasteiger charge is 2.23. The van der Waals surface area contributed by atoms with Crippen molar-refractivity contribution in [3.05, 3.63) is 24.3 Å². The van der Waals surface area contributed by atoms with E-state index >= 15 is 0 Å². The summed E-state index contributed by atoms with van der Waals surface area (Å²) in [6.07, 6.45) is 1.31. The summed E-state index contributed by atoms with van der Waals surface area (Å²) in [5.41, 5.74) is 7.11. The summed E-state index contributed by atoms with van der Waals surface area (Å²) in [6.45, 7) is 4.43. The van der Waals surface area contributed by atoms with Crippen LogP contribution in [0, 0.1) is 5.92 Å². The number of hydrogen-bond acceptors (Lipinski definition) is 4. The molecule has 1 aromatic rings. The average molecular weight is 305 g/mol. The molecule has 4 N–H and O–H groups in total. The minimum absolute atomic E-state index is 0.0740. The van der Waals surface area contributed by atoms with E-state index in [9.17, 15) is 9.59 Å². The zero-order chi connectivity index (χ0) is 16.1. The molecule has 0 spiro atoms. The standard InChI is InChI=1S/C16H23N3O3/c1-10(2)14(17)16(21)19-12-7-5-11(6-8-12)18-15(20)13-4-3-9-22-13/h5-8,10,13-14H,3-4,9,17H2,1-2H3,(H,18,20)(H,19,21). The number of carbonyl (C=O) groups excluding carboxylic acids is 2. The molecule has 1 saturated heterocycles. The number of benzene rings is 1. The number of amides is 2. The van der Waals surface area contributed by atoms with Crippen LogP contribution in [0.3, 0.4) is 0 Å². The summed E-state index contributed by atoms with van der Waals surface area (Å²) in [5, 5.41) is 5.56. The van der Waals surface area contributed by atoms with Gasteiger partial charge in [0.25, 0.3) is 5.91 Å². The number of anilines is 2. The second kappa shape index (κ2) is 7.38. The van der Waals surface area contributed by atoms with Gasteiger partial charge in [-0.15, -0.1) is 0 Å². The third-order valence-corrected chi connectivity index (χ3v) is 3.66. The molecule has 2 amide bonds. The Hall–Kier alpha value is -1.92. The van der Waals surface area contributed by atoms with Crippen LogP contribution in [0.5, 0.6) is 0 Å². The van der Waals surface area contributed by atoms with E-state index in [1.807, 2.05) is 13.8 Å². The van der Waals surface area contributed by atoms with Crippen LogP contribution in [0.2, 0.25) is 0 Å². The molecule has 1 aliphatic rings. The number of carbonyl (C=O) groups is 2. The second-order valence-corrected chi connectivity index (χ2v) is 5.83. The van der Waals surface area contributed by atoms with E-state index in [1.54, 1.807) is 24.3 Å². The minimum Gasteiger partial charge on any atom is -0.368 e. The smallest absolute Gasteiger partial charge is 0.253 e. The van der Waals surface area contributed by atoms with Crippen molar-refractivity contribution < 1.29 is 14.3 Å². The van der Waals surface area contributed by atoms with Crippen molar-refractivity contribution in [1.82, 2.24) is 0 Å². The van der Waals surface area contributed by atoms with Crippen LogP contribution in [0.4, 0.5) is 11.4 Å². The van der Waals surface area contributed by atoms with Gasteiger partial charge in [0.15, 0.2) is 0 Å². The van der Waals surface area contributed by atoms with Gasteiger partial charge in [0.1, 0.15) is 6.10 Å². The summed E-state index contributed by atoms with van der Waals surface area (Å²) in [4.78, 5) is 23.8. The van der Waals surface area contributed by atoms with Crippen molar-refractivity contribution in [2.75, 3.05) is 17.2 Å². The van der Waals surface area contributed by atoms with Gasteiger partial charge in [-0.3, -0.25) is 9.59 Å². The molecule has 1 fully saturated rings. The Balaban J connectivity index is 1.90. The first kappa shape index (κ1) is 16.5. The molecule has 0 aliphatic carbocycles. The first-order valence-electron chi connectivity index (χ1n) is 7.56. The SMILES string of the molecule is CC(C)C(N)C(=O)Nc1ccc(NC(=O)C2CCCO2)cc1. The Kier molecular flexibility index (Phi) is 5.51. The molecule has 6 nitrogen and oxygen atoms in total. The lowest BCUT2D eigenvalue weighted by atomic mass is 10.0. The van der Waals surface area contributed by atoms with E-state index in [0.29, 0.717) is 18.0 Å². The van der Waals surface area contributed by atoms with Crippen LogP contribution >= 0.6 is 0 Å². The van der Waals surface area contributed by atoms with Crippen LogP contribution < -0.4 is 16.4 Å². The van der Waals surface area contributed by atoms with E-state index in [1.165, 1.54) is 0 Å². The van der Waals surface area contributed by atoms with Gasteiger partial charge in [0.2, 0.25) is 5.91 Å². The number of rotatable bonds is 5. The molecule has 2 rings (SSSR count). The lowest BCUT2D eigenvalue weighted by Crippen LogP contribution is -2.39. The molecular formula is C16H23N3O3. The molecule has 0 saturated carbocycles. The molecule has 1 heterocycles. The predicted molar refractivity (Wildman–Crippen MR) is 85.5 cm³/mol. The van der Waals surface area contributed by atoms with Crippen molar-refractivity contribution in [2.45, 2.75) is 38.8 Å². The normalized spacial score (nSPS) is 19.0. The monoisotopic (exact) mass is 305 g/mol. The summed E-state index contributed by atoms with van der Waals surface area (Å²) in [7, 11) is 0. The third kappa shape index (κ3) is 4.29. The number of hydrogen-bond donors (Lipinski definition) is 3. The first-order chi connectivity index (χ1) is 10.5. The van der Waals surface area contributed by atoms with Gasteiger partial charge < -0.3 is 21.1 Å². The molecule has 1 aliphatic heterocycles. The molecule has 6 heteroatoms. The van der Waals surface area contributed by atoms with Gasteiger partial charge in [-0.1, -0.05) is 13.8 Å². The fourth-order valence-corrected chi connectivity index (χ4v) is 2.17. The van der Waals surface area contributed by atoms with Crippen molar-refractivity contribution in [2.24, 2.45) is 11.7 Å². The largest absolute Gasteiger partial charge is 0.368 e. The van der Waals surface area contributed by atoms with E-state index in [0.717, 1.165) is 12.8 Å². The van der Waals surface area contributed by atoms with Crippen LogP contribution in [0.15, 0.2) is 24.3 Å². The summed E-state index contributed by atoms with van der Waals surface area (Å²) >= 11 is 0. The average Bonchev–Trinajstić information content (AvgIpc) is 3.02. The maximum atomic E-state index is 11.9. The Morgan fingerprint density at radius 3 is 2.27 bits per heavy atom. The predicted octanol–water partition coefficient (Wildman–Crippen LogP) is 1.73. The highest BCUT2D eigenvalue weighted by Crippen LogP contribution is 2.17. The Labute approximate surface area is 130 Å². The summed E-state index contributed by atoms with van der Waals surface area (Å²) in [6, 6.07) is 6.40. The van der Waals surface area contributed by atoms with Gasteiger partial charge in [0.05, 0.1) is 6.04 Å². The molecule has 22 heavy (non-hydrogen) atoms. The molecular weight excluding hydrogens is 282 g/mol. The maximum Gasteiger partial charge on any atom is 0.253 e. The van der Waals surface area contributed by atoms with Crippen molar-refractivity contribution in [1.29, 1.82) is 0 Å². The third-order valence-electron chi connectivity index (χ3n) is 3.66. The molecule has 0 bridgehead atoms. The Morgan fingerprint density at radius 1 is 1.18 bits per heavy atom. The second-order valence-electron chi connectivity index (χ2n) is 5.83. The Morgan fingerprint density at radius 2 is 1.77 bits per heavy atom. The fourth-order valence-electron chi connectivity index (χ4n) is 2.17. The van der Waals surface area contributed by atoms with Crippen LogP contribution in [0.1, 0.15) is 26.7 Å². The zero-order valence-electron chi connectivity index (χ0n) is 13.0. The first-order valence-corrected chi connectivity index (χ1v) is 7.56. The van der Waals surface area contributed by atoms with Gasteiger partial charge in [-0.05, 0) is 43.0 Å². The highest BCUT2D eigenvalue weighted by atomic mass is 16.5. The summed E-state index contributed by atoms with van der Waals surface area (Å²) in [5.74, 6) is -0.271. The van der Waals surface area contributed by atoms with E-state index in [2.05, 4.69) is 10.6 Å². The molecule has 2 unspecified atom stereocenters. The minimum atomic E-state index is -0.543. The van der Waals surface area contributed by atoms with Gasteiger partial charge in [-0.2, -0.15) is 0 Å². The fraction of sp³-hybridized carbons (Fsp3) is 0.500. The van der Waals surface area contributed by atoms with Crippen LogP contribution in [-0.4, -0.2) is 30.6 Å². The van der Waals surface area contributed by atoms with Crippen LogP contribution in [0.25, 0.3) is 0 Å². The lowest BCUT2D eigenvalue weighted by molar-refractivity contribution is -0.124. The summed E-state index contributed by atoms with van der Waals surface area (Å²) < 4.78 is 5.33. The van der Waals surface area contributed by atoms with E-state index < -0.39 is 6.04 Å². The van der Waals surface area contributed by atoms with Crippen molar-refractivity contribution in [3.63, 3.8) is 0 Å². The van der Waals surface area contributed by atoms with Crippen molar-refractivity contribution in [3.8, 4) is 0 Å². The van der Waals surface area contributed by atoms with Crippen LogP contribution in [-0.2, 0) is 14.3 Å². The number of nitrogens with one attached hydrogen (secondary N) is 2. The van der Waals surface area contributed by atoms with Crippen molar-refractivity contribution >= 4 is 23.2 Å². The quantitative estimate of drug-likeness (QED) is 0.772. The molecule has 1 aromatic carbocycles. The maximum absolute atomic E-state index is 11.9. The van der Waals surface area contributed by atoms with Gasteiger partial charge >= 0.3 is 0 Å². The zero-order valence-corrected chi connectivity index (χ0v) is 13.0. The topological polar surface area (TPSA) is 93.5 Å². The highest BCUT2D eigenvalue weighted by molar-refractivity contribution is 5.96. The van der Waals surface area contributed by atoms with Gasteiger partial charge in [-0.25, -0.2) is 0 Å². The number of nitrogens with two attached hydrogens (primary N) is 1. The molecule has 0 aromatic heterocycles. The molecule has 2 atom stereocenters. The Bertz CT molecular complexity index is 487. The van der Waals surface area contributed by atoms with Gasteiger partial charge in [0, 0.05) is 18.0 Å². The number of ether oxygens (including phenoxy) is 1. The van der Waals surface area contributed by atoms with E-state index in [4.69, 9.17) is 10.5 Å². The molecule has 120 valence electrons. The molecule has 0 radical (unpaired) electrons. The lowest BCUT2D eigenvalue weighted by Gasteiger charge is -2.15. The van der Waals surface area contributed by atoms with E-state index in [-0.39, 0.29) is 23.8 Å².